The predicted molar refractivity (Wildman–Crippen MR) is 102 cm³/mol. The van der Waals surface area contributed by atoms with E-state index in [0.29, 0.717) is 5.39 Å². The fourth-order valence-electron chi connectivity index (χ4n) is 3.47. The van der Waals surface area contributed by atoms with Crippen molar-refractivity contribution in [3.05, 3.63) is 79.8 Å². The van der Waals surface area contributed by atoms with Crippen LogP contribution in [0.25, 0.3) is 10.9 Å². The molecule has 0 spiro atoms. The fraction of sp³-hybridized carbons (Fsp3) is 0.200. The number of amides is 1. The minimum absolute atomic E-state index is 0.123. The molecule has 3 aromatic rings. The average molecular weight is 415 g/mol. The monoisotopic (exact) mass is 414 g/mol. The normalized spacial score (nSPS) is 13.8. The Bertz CT molecular complexity index is 1090. The Hall–Kier alpha value is -2.47. The summed E-state index contributed by atoms with van der Waals surface area (Å²) in [5, 5.41) is 3.38. The third-order valence-corrected chi connectivity index (χ3v) is 5.26. The van der Waals surface area contributed by atoms with Gasteiger partial charge in [-0.15, -0.1) is 0 Å². The van der Waals surface area contributed by atoms with Gasteiger partial charge in [0.1, 0.15) is 11.4 Å². The highest BCUT2D eigenvalue weighted by atomic mass is 79.9. The molecule has 6 heteroatoms. The van der Waals surface area contributed by atoms with Crippen LogP contribution in [-0.4, -0.2) is 10.5 Å². The summed E-state index contributed by atoms with van der Waals surface area (Å²) in [6, 6.07) is 9.39. The Labute approximate surface area is 157 Å². The zero-order valence-corrected chi connectivity index (χ0v) is 15.6. The number of carbonyl (C=O) groups is 1. The van der Waals surface area contributed by atoms with E-state index in [1.54, 1.807) is 31.3 Å². The topological polar surface area (TPSA) is 51.1 Å². The molecule has 1 aromatic heterocycles. The third-order valence-electron chi connectivity index (χ3n) is 4.80. The lowest BCUT2D eigenvalue weighted by Crippen LogP contribution is -2.31. The Morgan fingerprint density at radius 2 is 2.00 bits per heavy atom. The van der Waals surface area contributed by atoms with Gasteiger partial charge in [0.25, 0.3) is 5.91 Å². The van der Waals surface area contributed by atoms with E-state index in [9.17, 15) is 14.0 Å². The molecule has 0 aliphatic carbocycles. The van der Waals surface area contributed by atoms with Gasteiger partial charge in [-0.1, -0.05) is 28.1 Å². The minimum Gasteiger partial charge on any atom is -0.346 e. The van der Waals surface area contributed by atoms with Crippen LogP contribution in [0, 0.1) is 5.82 Å². The minimum atomic E-state index is -0.425. The predicted octanol–water partition coefficient (Wildman–Crippen LogP) is 3.95. The van der Waals surface area contributed by atoms with Gasteiger partial charge in [0.2, 0.25) is 5.43 Å². The number of aryl methyl sites for hydroxylation is 2. The Kier molecular flexibility index (Phi) is 4.15. The molecule has 4 rings (SSSR count). The van der Waals surface area contributed by atoms with Crippen LogP contribution >= 0.6 is 15.9 Å². The first-order valence-corrected chi connectivity index (χ1v) is 9.15. The first-order chi connectivity index (χ1) is 12.4. The highest BCUT2D eigenvalue weighted by molar-refractivity contribution is 9.10. The second-order valence-electron chi connectivity index (χ2n) is 6.52. The van der Waals surface area contributed by atoms with Crippen LogP contribution in [0.4, 0.5) is 4.39 Å². The van der Waals surface area contributed by atoms with Crippen molar-refractivity contribution in [2.45, 2.75) is 25.9 Å². The van der Waals surface area contributed by atoms with Gasteiger partial charge in [0.15, 0.2) is 0 Å². The summed E-state index contributed by atoms with van der Waals surface area (Å²) >= 11 is 3.44. The largest absolute Gasteiger partial charge is 0.346 e. The molecule has 0 unspecified atom stereocenters. The molecule has 1 aliphatic rings. The van der Waals surface area contributed by atoms with E-state index in [1.807, 2.05) is 10.6 Å². The Morgan fingerprint density at radius 1 is 1.27 bits per heavy atom. The van der Waals surface area contributed by atoms with Crippen LogP contribution < -0.4 is 10.7 Å². The number of nitrogens with one attached hydrogen (secondary N) is 1. The van der Waals surface area contributed by atoms with Crippen LogP contribution in [0.2, 0.25) is 0 Å². The second-order valence-corrected chi connectivity index (χ2v) is 7.44. The number of halogens is 2. The van der Waals surface area contributed by atoms with E-state index in [0.717, 1.165) is 34.1 Å². The van der Waals surface area contributed by atoms with Gasteiger partial charge < -0.3 is 9.88 Å². The SMILES string of the molecule is C[C@@H](NC(=O)c1cn2c3c(cc(Br)cc3c1=O)CC2)c1ccc(F)cc1. The summed E-state index contributed by atoms with van der Waals surface area (Å²) < 4.78 is 15.9. The molecule has 1 N–H and O–H groups in total. The first kappa shape index (κ1) is 17.0. The Balaban J connectivity index is 1.71. The number of benzene rings is 2. The standard InChI is InChI=1S/C20H16BrFN2O2/c1-11(12-2-4-15(22)5-3-12)23-20(26)17-10-24-7-6-13-8-14(21)9-16(18(13)24)19(17)25/h2-5,8-11H,6-7H2,1H3,(H,23,26)/t11-/m1/s1. The van der Waals surface area contributed by atoms with Crippen molar-refractivity contribution in [3.63, 3.8) is 0 Å². The average Bonchev–Trinajstić information content (AvgIpc) is 3.01. The smallest absolute Gasteiger partial charge is 0.257 e. The zero-order valence-electron chi connectivity index (χ0n) is 14.1. The number of rotatable bonds is 3. The van der Waals surface area contributed by atoms with Gasteiger partial charge in [-0.05, 0) is 48.7 Å². The van der Waals surface area contributed by atoms with Gasteiger partial charge in [-0.3, -0.25) is 9.59 Å². The quantitative estimate of drug-likeness (QED) is 0.705. The molecule has 0 fully saturated rings. The maximum atomic E-state index is 13.1. The molecular weight excluding hydrogens is 399 g/mol. The van der Waals surface area contributed by atoms with E-state index in [1.165, 1.54) is 12.1 Å². The van der Waals surface area contributed by atoms with Crippen LogP contribution in [0.3, 0.4) is 0 Å². The van der Waals surface area contributed by atoms with E-state index in [-0.39, 0.29) is 22.9 Å². The third kappa shape index (κ3) is 2.84. The van der Waals surface area contributed by atoms with Crippen LogP contribution in [0.5, 0.6) is 0 Å². The van der Waals surface area contributed by atoms with Crippen molar-refractivity contribution >= 4 is 32.7 Å². The van der Waals surface area contributed by atoms with E-state index in [2.05, 4.69) is 21.2 Å². The molecule has 26 heavy (non-hydrogen) atoms. The molecule has 0 radical (unpaired) electrons. The van der Waals surface area contributed by atoms with Gasteiger partial charge in [0.05, 0.1) is 11.6 Å². The van der Waals surface area contributed by atoms with Crippen LogP contribution in [0.1, 0.15) is 34.5 Å². The van der Waals surface area contributed by atoms with Gasteiger partial charge in [-0.2, -0.15) is 0 Å². The number of hydrogen-bond donors (Lipinski definition) is 1. The Morgan fingerprint density at radius 3 is 2.73 bits per heavy atom. The second kappa shape index (κ2) is 6.36. The summed E-state index contributed by atoms with van der Waals surface area (Å²) in [6.45, 7) is 2.55. The van der Waals surface area contributed by atoms with Crippen LogP contribution in [0.15, 0.2) is 51.9 Å². The van der Waals surface area contributed by atoms with Gasteiger partial charge in [-0.25, -0.2) is 4.39 Å². The fourth-order valence-corrected chi connectivity index (χ4v) is 3.98. The van der Waals surface area contributed by atoms with E-state index >= 15 is 0 Å². The van der Waals surface area contributed by atoms with E-state index < -0.39 is 5.91 Å². The van der Waals surface area contributed by atoms with Gasteiger partial charge in [0, 0.05) is 22.6 Å². The summed E-state index contributed by atoms with van der Waals surface area (Å²) in [4.78, 5) is 25.6. The lowest BCUT2D eigenvalue weighted by molar-refractivity contribution is 0.0938. The molecule has 4 nitrogen and oxygen atoms in total. The van der Waals surface area contributed by atoms with Crippen molar-refractivity contribution in [1.82, 2.24) is 9.88 Å². The summed E-state index contributed by atoms with van der Waals surface area (Å²) in [5.41, 5.74) is 2.64. The number of nitrogens with zero attached hydrogens (tertiary/aromatic N) is 1. The molecule has 1 amide bonds. The number of aromatic nitrogens is 1. The lowest BCUT2D eigenvalue weighted by atomic mass is 10.1. The molecule has 0 saturated carbocycles. The first-order valence-electron chi connectivity index (χ1n) is 8.36. The molecule has 2 heterocycles. The molecule has 1 aliphatic heterocycles. The van der Waals surface area contributed by atoms with Crippen molar-refractivity contribution in [3.8, 4) is 0 Å². The van der Waals surface area contributed by atoms with Crippen molar-refractivity contribution < 1.29 is 9.18 Å². The number of pyridine rings is 1. The maximum Gasteiger partial charge on any atom is 0.257 e. The van der Waals surface area contributed by atoms with Gasteiger partial charge >= 0.3 is 0 Å². The van der Waals surface area contributed by atoms with E-state index in [4.69, 9.17) is 0 Å². The summed E-state index contributed by atoms with van der Waals surface area (Å²) in [6.07, 6.45) is 2.48. The molecule has 0 saturated heterocycles. The zero-order chi connectivity index (χ0) is 18.4. The molecule has 2 aromatic carbocycles. The maximum absolute atomic E-state index is 13.1. The highest BCUT2D eigenvalue weighted by Gasteiger charge is 2.22. The summed E-state index contributed by atoms with van der Waals surface area (Å²) in [7, 11) is 0. The highest BCUT2D eigenvalue weighted by Crippen LogP contribution is 2.28. The van der Waals surface area contributed by atoms with Crippen molar-refractivity contribution in [2.75, 3.05) is 0 Å². The van der Waals surface area contributed by atoms with Crippen LogP contribution in [-0.2, 0) is 13.0 Å². The number of carbonyl (C=O) groups excluding carboxylic acids is 1. The lowest BCUT2D eigenvalue weighted by Gasteiger charge is -2.15. The van der Waals surface area contributed by atoms with Crippen molar-refractivity contribution in [1.29, 1.82) is 0 Å². The molecule has 132 valence electrons. The molecular formula is C20H16BrFN2O2. The van der Waals surface area contributed by atoms with Crippen molar-refractivity contribution in [2.24, 2.45) is 0 Å². The number of hydrogen-bond acceptors (Lipinski definition) is 2. The summed E-state index contributed by atoms with van der Waals surface area (Å²) in [5.74, 6) is -0.754. The molecule has 1 atom stereocenters. The molecule has 0 bridgehead atoms.